The molecule has 1 amide bonds. The first-order chi connectivity index (χ1) is 14.7. The second kappa shape index (κ2) is 7.98. The summed E-state index contributed by atoms with van der Waals surface area (Å²) in [6, 6.07) is 8.95. The SMILES string of the molecule is Cc1cc(Nc2ncn(-c3cc(F)cc(F)c3)n2)cc(NC2(C(=O)N(C)C)CCC2)c1.[HH]. The van der Waals surface area contributed by atoms with Crippen LogP contribution in [-0.4, -0.2) is 45.2 Å². The van der Waals surface area contributed by atoms with E-state index in [1.54, 1.807) is 19.0 Å². The van der Waals surface area contributed by atoms with Gasteiger partial charge in [-0.15, -0.1) is 5.10 Å². The number of hydrogen-bond acceptors (Lipinski definition) is 5. The van der Waals surface area contributed by atoms with Crippen molar-refractivity contribution in [1.82, 2.24) is 19.7 Å². The van der Waals surface area contributed by atoms with E-state index in [-0.39, 0.29) is 19.0 Å². The summed E-state index contributed by atoms with van der Waals surface area (Å²) in [6.45, 7) is 1.96. The molecule has 31 heavy (non-hydrogen) atoms. The van der Waals surface area contributed by atoms with Crippen LogP contribution < -0.4 is 10.6 Å². The zero-order valence-corrected chi connectivity index (χ0v) is 17.6. The van der Waals surface area contributed by atoms with E-state index in [4.69, 9.17) is 0 Å². The third-order valence-electron chi connectivity index (χ3n) is 5.34. The molecule has 4 rings (SSSR count). The predicted octanol–water partition coefficient (Wildman–Crippen LogP) is 4.27. The summed E-state index contributed by atoms with van der Waals surface area (Å²) in [4.78, 5) is 18.5. The van der Waals surface area contributed by atoms with E-state index >= 15 is 0 Å². The third-order valence-corrected chi connectivity index (χ3v) is 5.34. The fraction of sp³-hybridized carbons (Fsp3) is 0.318. The van der Waals surface area contributed by atoms with Gasteiger partial charge in [-0.2, -0.15) is 4.98 Å². The van der Waals surface area contributed by atoms with Crippen LogP contribution in [0.25, 0.3) is 5.69 Å². The highest BCUT2D eigenvalue weighted by atomic mass is 19.1. The van der Waals surface area contributed by atoms with E-state index in [2.05, 4.69) is 20.7 Å². The van der Waals surface area contributed by atoms with Gasteiger partial charge in [-0.25, -0.2) is 13.5 Å². The Morgan fingerprint density at radius 2 is 1.77 bits per heavy atom. The van der Waals surface area contributed by atoms with Crippen molar-refractivity contribution in [2.24, 2.45) is 0 Å². The van der Waals surface area contributed by atoms with Crippen LogP contribution in [-0.2, 0) is 4.79 Å². The number of amides is 1. The first kappa shape index (κ1) is 20.8. The van der Waals surface area contributed by atoms with E-state index in [1.807, 2.05) is 25.1 Å². The Bertz CT molecular complexity index is 1110. The molecule has 2 aromatic carbocycles. The Morgan fingerprint density at radius 1 is 1.10 bits per heavy atom. The largest absolute Gasteiger partial charge is 0.371 e. The van der Waals surface area contributed by atoms with Crippen molar-refractivity contribution in [2.45, 2.75) is 31.7 Å². The number of halogens is 2. The molecule has 2 N–H and O–H groups in total. The molecule has 1 heterocycles. The molecule has 0 atom stereocenters. The summed E-state index contributed by atoms with van der Waals surface area (Å²) in [5, 5.41) is 10.8. The first-order valence-corrected chi connectivity index (χ1v) is 10.0. The third kappa shape index (κ3) is 4.35. The molecule has 1 saturated carbocycles. The number of likely N-dealkylation sites (N-methyl/N-ethyl adjacent to an activating group) is 1. The minimum Gasteiger partial charge on any atom is -0.371 e. The number of nitrogens with zero attached hydrogens (tertiary/aromatic N) is 4. The number of rotatable bonds is 6. The molecule has 7 nitrogen and oxygen atoms in total. The van der Waals surface area contributed by atoms with Gasteiger partial charge in [-0.05, 0) is 62.1 Å². The van der Waals surface area contributed by atoms with E-state index in [0.717, 1.165) is 42.3 Å². The molecule has 3 aromatic rings. The minimum atomic E-state index is -0.688. The van der Waals surface area contributed by atoms with Crippen LogP contribution in [0.4, 0.5) is 26.1 Å². The van der Waals surface area contributed by atoms with Crippen LogP contribution >= 0.6 is 0 Å². The number of aromatic nitrogens is 3. The second-order valence-electron chi connectivity index (χ2n) is 8.11. The highest BCUT2D eigenvalue weighted by Gasteiger charge is 2.45. The van der Waals surface area contributed by atoms with Gasteiger partial charge < -0.3 is 15.5 Å². The van der Waals surface area contributed by atoms with Gasteiger partial charge in [0.1, 0.15) is 23.5 Å². The van der Waals surface area contributed by atoms with Crippen LogP contribution in [0.3, 0.4) is 0 Å². The predicted molar refractivity (Wildman–Crippen MR) is 117 cm³/mol. The smallest absolute Gasteiger partial charge is 0.247 e. The van der Waals surface area contributed by atoms with Crippen molar-refractivity contribution in [3.8, 4) is 5.69 Å². The first-order valence-electron chi connectivity index (χ1n) is 10.0. The van der Waals surface area contributed by atoms with Crippen LogP contribution in [0.15, 0.2) is 42.7 Å². The molecule has 0 unspecified atom stereocenters. The summed E-state index contributed by atoms with van der Waals surface area (Å²) in [5.74, 6) is -1.03. The highest BCUT2D eigenvalue weighted by molar-refractivity contribution is 5.90. The average Bonchev–Trinajstić information content (AvgIpc) is 3.11. The summed E-state index contributed by atoms with van der Waals surface area (Å²) in [6.07, 6.45) is 3.96. The number of aryl methyl sites for hydroxylation is 1. The lowest BCUT2D eigenvalue weighted by atomic mass is 9.75. The van der Waals surface area contributed by atoms with Gasteiger partial charge in [0, 0.05) is 33.0 Å². The Morgan fingerprint density at radius 3 is 2.39 bits per heavy atom. The lowest BCUT2D eigenvalue weighted by molar-refractivity contribution is -0.136. The van der Waals surface area contributed by atoms with Gasteiger partial charge in [-0.1, -0.05) is 0 Å². The number of nitrogens with one attached hydrogen (secondary N) is 2. The van der Waals surface area contributed by atoms with Crippen molar-refractivity contribution in [2.75, 3.05) is 24.7 Å². The summed E-state index contributed by atoms with van der Waals surface area (Å²) in [7, 11) is 3.53. The van der Waals surface area contributed by atoms with E-state index < -0.39 is 17.2 Å². The molecule has 164 valence electrons. The van der Waals surface area contributed by atoms with Crippen LogP contribution in [0.1, 0.15) is 26.3 Å². The molecule has 0 bridgehead atoms. The maximum Gasteiger partial charge on any atom is 0.247 e. The normalized spacial score (nSPS) is 14.6. The fourth-order valence-corrected chi connectivity index (χ4v) is 3.80. The molecule has 0 aliphatic heterocycles. The summed E-state index contributed by atoms with van der Waals surface area (Å²) in [5.41, 5.74) is 2.21. The standard InChI is InChI=1S/C22H24F2N6O.H2/c1-14-7-17(12-18(8-14)27-22(5-4-6-22)20(31)29(2)3)26-21-25-13-30(28-21)19-10-15(23)9-16(24)11-19;/h7-13,27H,4-6H2,1-3H3,(H,26,28);1H. The molecule has 0 spiro atoms. The van der Waals surface area contributed by atoms with Gasteiger partial charge >= 0.3 is 0 Å². The molecule has 0 saturated heterocycles. The highest BCUT2D eigenvalue weighted by Crippen LogP contribution is 2.37. The average molecular weight is 428 g/mol. The van der Waals surface area contributed by atoms with Crippen LogP contribution in [0.2, 0.25) is 0 Å². The Balaban J connectivity index is 0.00000289. The molecule has 1 aliphatic rings. The molecule has 9 heteroatoms. The lowest BCUT2D eigenvalue weighted by Crippen LogP contribution is -2.56. The number of anilines is 3. The summed E-state index contributed by atoms with van der Waals surface area (Å²) >= 11 is 0. The Labute approximate surface area is 180 Å². The molecule has 1 aliphatic carbocycles. The second-order valence-corrected chi connectivity index (χ2v) is 8.11. The van der Waals surface area contributed by atoms with Gasteiger partial charge in [0.15, 0.2) is 0 Å². The van der Waals surface area contributed by atoms with Crippen molar-refractivity contribution in [1.29, 1.82) is 0 Å². The van der Waals surface area contributed by atoms with Crippen LogP contribution in [0.5, 0.6) is 0 Å². The van der Waals surface area contributed by atoms with Gasteiger partial charge in [0.2, 0.25) is 11.9 Å². The van der Waals surface area contributed by atoms with Crippen LogP contribution in [0, 0.1) is 18.6 Å². The van der Waals surface area contributed by atoms with Gasteiger partial charge in [0.05, 0.1) is 5.69 Å². The Hall–Kier alpha value is -3.49. The molecule has 1 aromatic heterocycles. The summed E-state index contributed by atoms with van der Waals surface area (Å²) < 4.78 is 28.3. The zero-order valence-electron chi connectivity index (χ0n) is 17.6. The van der Waals surface area contributed by atoms with Crippen molar-refractivity contribution in [3.05, 3.63) is 59.9 Å². The number of carbonyl (C=O) groups is 1. The minimum absolute atomic E-state index is 0. The van der Waals surface area contributed by atoms with Crippen molar-refractivity contribution >= 4 is 23.2 Å². The molecular weight excluding hydrogens is 402 g/mol. The molecule has 0 radical (unpaired) electrons. The zero-order chi connectivity index (χ0) is 22.2. The van der Waals surface area contributed by atoms with Gasteiger partial charge in [-0.3, -0.25) is 4.79 Å². The maximum atomic E-state index is 13.5. The van der Waals surface area contributed by atoms with E-state index in [0.29, 0.717) is 0 Å². The number of hydrogen-bond donors (Lipinski definition) is 2. The molecular formula is C22H26F2N6O. The quantitative estimate of drug-likeness (QED) is 0.613. The molecule has 1 fully saturated rings. The van der Waals surface area contributed by atoms with E-state index in [9.17, 15) is 13.6 Å². The number of benzene rings is 2. The lowest BCUT2D eigenvalue weighted by Gasteiger charge is -2.43. The topological polar surface area (TPSA) is 75.1 Å². The van der Waals surface area contributed by atoms with Crippen molar-refractivity contribution < 1.29 is 15.0 Å². The van der Waals surface area contributed by atoms with Gasteiger partial charge in [0.25, 0.3) is 0 Å². The monoisotopic (exact) mass is 428 g/mol. The van der Waals surface area contributed by atoms with E-state index in [1.165, 1.54) is 23.1 Å². The maximum absolute atomic E-state index is 13.5. The Kier molecular flexibility index (Phi) is 5.34. The van der Waals surface area contributed by atoms with Crippen molar-refractivity contribution in [3.63, 3.8) is 0 Å². The fourth-order valence-electron chi connectivity index (χ4n) is 3.80. The number of carbonyl (C=O) groups excluding carboxylic acids is 1.